The second-order valence-corrected chi connectivity index (χ2v) is 5.12. The number of nitrogen functional groups attached to an aromatic ring is 1. The number of aromatic nitrogens is 1. The second kappa shape index (κ2) is 5.49. The molecule has 0 unspecified atom stereocenters. The Bertz CT molecular complexity index is 597. The summed E-state index contributed by atoms with van der Waals surface area (Å²) in [5, 5.41) is 0.672. The van der Waals surface area contributed by atoms with Gasteiger partial charge in [0.2, 0.25) is 5.88 Å². The number of methoxy groups -OCH3 is 1. The number of hydrogen-bond donors (Lipinski definition) is 1. The van der Waals surface area contributed by atoms with E-state index in [4.69, 9.17) is 22.1 Å². The molecule has 2 N–H and O–H groups in total. The maximum absolute atomic E-state index is 6.07. The number of rotatable bonds is 3. The predicted molar refractivity (Wildman–Crippen MR) is 79.7 cm³/mol. The van der Waals surface area contributed by atoms with E-state index >= 15 is 0 Å². The van der Waals surface area contributed by atoms with Crippen molar-refractivity contribution in [3.63, 3.8) is 0 Å². The Morgan fingerprint density at radius 3 is 2.58 bits per heavy atom. The Morgan fingerprint density at radius 2 is 2.00 bits per heavy atom. The van der Waals surface area contributed by atoms with Crippen molar-refractivity contribution in [2.75, 3.05) is 12.8 Å². The van der Waals surface area contributed by atoms with Crippen molar-refractivity contribution in [3.8, 4) is 17.0 Å². The van der Waals surface area contributed by atoms with Crippen LogP contribution in [0.3, 0.4) is 0 Å². The van der Waals surface area contributed by atoms with E-state index in [1.54, 1.807) is 7.11 Å². The SMILES string of the molecule is COc1nc(C(C)C)c(N)cc1-c1cccc(Cl)c1. The molecule has 1 heterocycles. The third-order valence-electron chi connectivity index (χ3n) is 2.92. The summed E-state index contributed by atoms with van der Waals surface area (Å²) in [5.41, 5.74) is 9.39. The van der Waals surface area contributed by atoms with Crippen LogP contribution < -0.4 is 10.5 Å². The van der Waals surface area contributed by atoms with Gasteiger partial charge in [-0.05, 0) is 29.7 Å². The molecule has 0 spiro atoms. The Hall–Kier alpha value is -1.74. The lowest BCUT2D eigenvalue weighted by atomic mass is 10.0. The van der Waals surface area contributed by atoms with Crippen molar-refractivity contribution in [1.29, 1.82) is 0 Å². The molecule has 0 bridgehead atoms. The first-order valence-corrected chi connectivity index (χ1v) is 6.51. The van der Waals surface area contributed by atoms with E-state index in [1.165, 1.54) is 0 Å². The third kappa shape index (κ3) is 2.82. The van der Waals surface area contributed by atoms with Crippen molar-refractivity contribution in [1.82, 2.24) is 4.98 Å². The molecule has 1 aromatic heterocycles. The lowest BCUT2D eigenvalue weighted by Crippen LogP contribution is -2.03. The first-order valence-electron chi connectivity index (χ1n) is 6.13. The summed E-state index contributed by atoms with van der Waals surface area (Å²) >= 11 is 6.02. The summed E-state index contributed by atoms with van der Waals surface area (Å²) in [6.45, 7) is 4.11. The quantitative estimate of drug-likeness (QED) is 0.917. The monoisotopic (exact) mass is 276 g/mol. The van der Waals surface area contributed by atoms with Crippen molar-refractivity contribution in [3.05, 3.63) is 41.0 Å². The minimum atomic E-state index is 0.252. The third-order valence-corrected chi connectivity index (χ3v) is 3.16. The highest BCUT2D eigenvalue weighted by Crippen LogP contribution is 2.34. The van der Waals surface area contributed by atoms with Crippen LogP contribution in [0.15, 0.2) is 30.3 Å². The van der Waals surface area contributed by atoms with E-state index in [9.17, 15) is 0 Å². The van der Waals surface area contributed by atoms with Gasteiger partial charge < -0.3 is 10.5 Å². The van der Waals surface area contributed by atoms with Crippen molar-refractivity contribution < 1.29 is 4.74 Å². The van der Waals surface area contributed by atoms with E-state index in [0.717, 1.165) is 16.8 Å². The highest BCUT2D eigenvalue weighted by Gasteiger charge is 2.14. The van der Waals surface area contributed by atoms with Crippen molar-refractivity contribution in [2.45, 2.75) is 19.8 Å². The molecule has 0 fully saturated rings. The van der Waals surface area contributed by atoms with Gasteiger partial charge in [0.1, 0.15) is 0 Å². The molecular weight excluding hydrogens is 260 g/mol. The predicted octanol–water partition coefficient (Wildman–Crippen LogP) is 4.12. The molecule has 0 aliphatic heterocycles. The fourth-order valence-electron chi connectivity index (χ4n) is 2.01. The van der Waals surface area contributed by atoms with Gasteiger partial charge in [0.25, 0.3) is 0 Å². The standard InChI is InChI=1S/C15H17ClN2O/c1-9(2)14-13(17)8-12(15(18-14)19-3)10-5-4-6-11(16)7-10/h4-9H,17H2,1-3H3. The summed E-state index contributed by atoms with van der Waals surface area (Å²) in [4.78, 5) is 4.51. The van der Waals surface area contributed by atoms with Crippen LogP contribution in [0.25, 0.3) is 11.1 Å². The van der Waals surface area contributed by atoms with E-state index < -0.39 is 0 Å². The van der Waals surface area contributed by atoms with Crippen molar-refractivity contribution >= 4 is 17.3 Å². The van der Waals surface area contributed by atoms with Crippen LogP contribution in [-0.2, 0) is 0 Å². The average molecular weight is 277 g/mol. The average Bonchev–Trinajstić information content (AvgIpc) is 2.38. The van der Waals surface area contributed by atoms with E-state index in [1.807, 2.05) is 30.3 Å². The van der Waals surface area contributed by atoms with E-state index in [-0.39, 0.29) is 5.92 Å². The number of hydrogen-bond acceptors (Lipinski definition) is 3. The zero-order valence-corrected chi connectivity index (χ0v) is 12.0. The van der Waals surface area contributed by atoms with Crippen LogP contribution in [0.5, 0.6) is 5.88 Å². The van der Waals surface area contributed by atoms with Crippen molar-refractivity contribution in [2.24, 2.45) is 0 Å². The van der Waals surface area contributed by atoms with Gasteiger partial charge in [-0.2, -0.15) is 0 Å². The Kier molecular flexibility index (Phi) is 3.96. The Labute approximate surface area is 118 Å². The van der Waals surface area contributed by atoms with Crippen LogP contribution in [0, 0.1) is 0 Å². The number of ether oxygens (including phenoxy) is 1. The molecule has 0 aliphatic carbocycles. The maximum atomic E-state index is 6.07. The molecular formula is C15H17ClN2O. The molecule has 1 aromatic carbocycles. The van der Waals surface area contributed by atoms with Crippen LogP contribution in [-0.4, -0.2) is 12.1 Å². The van der Waals surface area contributed by atoms with Gasteiger partial charge in [0.15, 0.2) is 0 Å². The Balaban J connectivity index is 2.60. The summed E-state index contributed by atoms with van der Waals surface area (Å²) in [6.07, 6.45) is 0. The molecule has 0 aliphatic rings. The smallest absolute Gasteiger partial charge is 0.221 e. The molecule has 3 nitrogen and oxygen atoms in total. The lowest BCUT2D eigenvalue weighted by Gasteiger charge is -2.14. The number of benzene rings is 1. The second-order valence-electron chi connectivity index (χ2n) is 4.68. The molecule has 0 radical (unpaired) electrons. The summed E-state index contributed by atoms with van der Waals surface area (Å²) in [7, 11) is 1.61. The number of anilines is 1. The Morgan fingerprint density at radius 1 is 1.26 bits per heavy atom. The summed E-state index contributed by atoms with van der Waals surface area (Å²) in [5.74, 6) is 0.822. The van der Waals surface area contributed by atoms with E-state index in [2.05, 4.69) is 18.8 Å². The normalized spacial score (nSPS) is 10.8. The zero-order valence-electron chi connectivity index (χ0n) is 11.3. The molecule has 0 saturated heterocycles. The van der Waals surface area contributed by atoms with Crippen LogP contribution in [0.1, 0.15) is 25.5 Å². The molecule has 0 atom stereocenters. The fourth-order valence-corrected chi connectivity index (χ4v) is 2.20. The molecule has 2 rings (SSSR count). The van der Waals surface area contributed by atoms with Gasteiger partial charge in [0, 0.05) is 10.6 Å². The van der Waals surface area contributed by atoms with Gasteiger partial charge in [-0.3, -0.25) is 0 Å². The van der Waals surface area contributed by atoms with Crippen LogP contribution in [0.4, 0.5) is 5.69 Å². The summed E-state index contributed by atoms with van der Waals surface area (Å²) in [6, 6.07) is 9.45. The van der Waals surface area contributed by atoms with Crippen LogP contribution in [0.2, 0.25) is 5.02 Å². The van der Waals surface area contributed by atoms with Gasteiger partial charge >= 0.3 is 0 Å². The molecule has 0 amide bonds. The molecule has 0 saturated carbocycles. The fraction of sp³-hybridized carbons (Fsp3) is 0.267. The van der Waals surface area contributed by atoms with Gasteiger partial charge in [-0.15, -0.1) is 0 Å². The zero-order chi connectivity index (χ0) is 14.0. The highest BCUT2D eigenvalue weighted by atomic mass is 35.5. The highest BCUT2D eigenvalue weighted by molar-refractivity contribution is 6.30. The first-order chi connectivity index (χ1) is 9.02. The number of pyridine rings is 1. The molecule has 4 heteroatoms. The number of nitrogens with two attached hydrogens (primary N) is 1. The molecule has 100 valence electrons. The van der Waals surface area contributed by atoms with Gasteiger partial charge in [-0.1, -0.05) is 37.6 Å². The van der Waals surface area contributed by atoms with Crippen LogP contribution >= 0.6 is 11.6 Å². The largest absolute Gasteiger partial charge is 0.481 e. The maximum Gasteiger partial charge on any atom is 0.221 e. The van der Waals surface area contributed by atoms with Gasteiger partial charge in [0.05, 0.1) is 18.5 Å². The minimum Gasteiger partial charge on any atom is -0.481 e. The van der Waals surface area contributed by atoms with Gasteiger partial charge in [-0.25, -0.2) is 4.98 Å². The minimum absolute atomic E-state index is 0.252. The van der Waals surface area contributed by atoms with E-state index in [0.29, 0.717) is 16.6 Å². The molecule has 2 aromatic rings. The number of halogens is 1. The first kappa shape index (κ1) is 13.7. The molecule has 19 heavy (non-hydrogen) atoms. The topological polar surface area (TPSA) is 48.1 Å². The lowest BCUT2D eigenvalue weighted by molar-refractivity contribution is 0.397. The summed E-state index contributed by atoms with van der Waals surface area (Å²) < 4.78 is 5.38. The number of nitrogens with zero attached hydrogens (tertiary/aromatic N) is 1.